The van der Waals surface area contributed by atoms with E-state index in [0.29, 0.717) is 17.0 Å². The minimum absolute atomic E-state index is 0.0179. The van der Waals surface area contributed by atoms with Gasteiger partial charge in [-0.05, 0) is 49.8 Å². The van der Waals surface area contributed by atoms with Crippen molar-refractivity contribution in [2.24, 2.45) is 0 Å². The second kappa shape index (κ2) is 11.4. The van der Waals surface area contributed by atoms with Gasteiger partial charge in [-0.1, -0.05) is 32.0 Å². The molecular weight excluding hydrogens is 456 g/mol. The lowest BCUT2D eigenvalue weighted by atomic mass is 9.98. The van der Waals surface area contributed by atoms with E-state index < -0.39 is 17.8 Å². The fourth-order valence-corrected chi connectivity index (χ4v) is 4.38. The fourth-order valence-electron chi connectivity index (χ4n) is 4.02. The monoisotopic (exact) mass is 485 g/mol. The van der Waals surface area contributed by atoms with Crippen molar-refractivity contribution < 1.29 is 13.6 Å². The summed E-state index contributed by atoms with van der Waals surface area (Å²) in [7, 11) is 0. The molecule has 3 aromatic rings. The van der Waals surface area contributed by atoms with Crippen LogP contribution in [0, 0.1) is 6.92 Å². The molecule has 2 aromatic heterocycles. The van der Waals surface area contributed by atoms with Gasteiger partial charge in [0.25, 0.3) is 12.3 Å². The Hall–Kier alpha value is -3.00. The van der Waals surface area contributed by atoms with E-state index >= 15 is 0 Å². The van der Waals surface area contributed by atoms with Crippen molar-refractivity contribution in [3.8, 4) is 11.1 Å². The van der Waals surface area contributed by atoms with Gasteiger partial charge < -0.3 is 9.88 Å². The lowest BCUT2D eigenvalue weighted by Crippen LogP contribution is -2.31. The van der Waals surface area contributed by atoms with Crippen LogP contribution in [0.3, 0.4) is 0 Å². The zero-order valence-corrected chi connectivity index (χ0v) is 20.6. The molecule has 34 heavy (non-hydrogen) atoms. The maximum absolute atomic E-state index is 13.5. The van der Waals surface area contributed by atoms with Gasteiger partial charge in [0.1, 0.15) is 5.56 Å². The van der Waals surface area contributed by atoms with E-state index in [2.05, 4.69) is 10.3 Å². The van der Waals surface area contributed by atoms with Gasteiger partial charge in [0, 0.05) is 40.2 Å². The van der Waals surface area contributed by atoms with Crippen LogP contribution in [0.2, 0.25) is 0 Å². The summed E-state index contributed by atoms with van der Waals surface area (Å²) in [4.78, 5) is 31.9. The van der Waals surface area contributed by atoms with Crippen LogP contribution in [-0.4, -0.2) is 21.7 Å². The van der Waals surface area contributed by atoms with Crippen molar-refractivity contribution in [2.45, 2.75) is 57.5 Å². The van der Waals surface area contributed by atoms with Crippen molar-refractivity contribution in [3.05, 3.63) is 81.5 Å². The highest BCUT2D eigenvalue weighted by Gasteiger charge is 2.22. The Morgan fingerprint density at radius 2 is 1.91 bits per heavy atom. The van der Waals surface area contributed by atoms with Crippen LogP contribution in [-0.2, 0) is 6.54 Å². The highest BCUT2D eigenvalue weighted by molar-refractivity contribution is 7.98. The SMILES string of the molecule is CCC(CC)n1cc(C(=O)NCc2ccc(SC)cn2)c(=O)c(-c2cccc(C(F)F)c2)c1C. The predicted octanol–water partition coefficient (Wildman–Crippen LogP) is 6.17. The summed E-state index contributed by atoms with van der Waals surface area (Å²) in [6.45, 7) is 6.03. The number of carbonyl (C=O) groups is 1. The molecule has 0 radical (unpaired) electrons. The molecule has 2 heterocycles. The second-order valence-corrected chi connectivity index (χ2v) is 8.89. The first-order valence-electron chi connectivity index (χ1n) is 11.2. The summed E-state index contributed by atoms with van der Waals surface area (Å²) >= 11 is 1.57. The Balaban J connectivity index is 2.06. The molecule has 5 nitrogen and oxygen atoms in total. The second-order valence-electron chi connectivity index (χ2n) is 8.01. The molecule has 0 spiro atoms. The van der Waals surface area contributed by atoms with Crippen LogP contribution in [0.15, 0.2) is 58.5 Å². The van der Waals surface area contributed by atoms with Gasteiger partial charge in [-0.15, -0.1) is 11.8 Å². The Morgan fingerprint density at radius 1 is 1.18 bits per heavy atom. The number of aromatic nitrogens is 2. The Morgan fingerprint density at radius 3 is 2.50 bits per heavy atom. The maximum atomic E-state index is 13.5. The Bertz CT molecular complexity index is 1210. The van der Waals surface area contributed by atoms with Crippen LogP contribution in [0.5, 0.6) is 0 Å². The quantitative estimate of drug-likeness (QED) is 0.368. The topological polar surface area (TPSA) is 64.0 Å². The zero-order valence-electron chi connectivity index (χ0n) is 19.8. The molecule has 0 unspecified atom stereocenters. The first kappa shape index (κ1) is 25.6. The van der Waals surface area contributed by atoms with Crippen LogP contribution < -0.4 is 10.7 Å². The van der Waals surface area contributed by atoms with E-state index in [9.17, 15) is 18.4 Å². The summed E-state index contributed by atoms with van der Waals surface area (Å²) in [6, 6.07) is 9.59. The highest BCUT2D eigenvalue weighted by atomic mass is 32.2. The van der Waals surface area contributed by atoms with E-state index in [1.165, 1.54) is 18.2 Å². The fraction of sp³-hybridized carbons (Fsp3) is 0.346. The number of nitrogens with zero attached hydrogens (tertiary/aromatic N) is 2. The van der Waals surface area contributed by atoms with Crippen LogP contribution in [0.1, 0.15) is 66.5 Å². The number of amides is 1. The molecule has 0 bridgehead atoms. The zero-order chi connectivity index (χ0) is 24.8. The number of rotatable bonds is 9. The minimum atomic E-state index is -2.65. The molecule has 0 aliphatic carbocycles. The number of carbonyl (C=O) groups excluding carboxylic acids is 1. The van der Waals surface area contributed by atoms with Gasteiger partial charge in [0.15, 0.2) is 0 Å². The molecule has 1 N–H and O–H groups in total. The average Bonchev–Trinajstić information content (AvgIpc) is 2.85. The van der Waals surface area contributed by atoms with E-state index in [1.807, 2.05) is 36.8 Å². The lowest BCUT2D eigenvalue weighted by Gasteiger charge is -2.24. The molecule has 8 heteroatoms. The number of hydrogen-bond donors (Lipinski definition) is 1. The number of benzene rings is 1. The highest BCUT2D eigenvalue weighted by Crippen LogP contribution is 2.29. The minimum Gasteiger partial charge on any atom is -0.347 e. The van der Waals surface area contributed by atoms with Crippen LogP contribution in [0.25, 0.3) is 11.1 Å². The van der Waals surface area contributed by atoms with Gasteiger partial charge in [-0.2, -0.15) is 0 Å². The molecule has 1 amide bonds. The molecule has 0 saturated carbocycles. The first-order valence-corrected chi connectivity index (χ1v) is 12.4. The first-order chi connectivity index (χ1) is 16.3. The van der Waals surface area contributed by atoms with Gasteiger partial charge in [0.05, 0.1) is 12.2 Å². The maximum Gasteiger partial charge on any atom is 0.263 e. The normalized spacial score (nSPS) is 11.3. The number of pyridine rings is 2. The average molecular weight is 486 g/mol. The molecule has 0 aliphatic rings. The van der Waals surface area contributed by atoms with Crippen molar-refractivity contribution >= 4 is 17.7 Å². The van der Waals surface area contributed by atoms with Gasteiger partial charge in [-0.25, -0.2) is 8.78 Å². The lowest BCUT2D eigenvalue weighted by molar-refractivity contribution is 0.0948. The van der Waals surface area contributed by atoms with Crippen molar-refractivity contribution in [3.63, 3.8) is 0 Å². The van der Waals surface area contributed by atoms with E-state index in [4.69, 9.17) is 0 Å². The molecule has 0 atom stereocenters. The predicted molar refractivity (Wildman–Crippen MR) is 133 cm³/mol. The molecule has 180 valence electrons. The van der Waals surface area contributed by atoms with Crippen LogP contribution in [0.4, 0.5) is 8.78 Å². The summed E-state index contributed by atoms with van der Waals surface area (Å²) in [5.41, 5.74) is 1.30. The Labute approximate surface area is 202 Å². The number of halogens is 2. The summed E-state index contributed by atoms with van der Waals surface area (Å²) < 4.78 is 28.6. The van der Waals surface area contributed by atoms with Crippen molar-refractivity contribution in [1.82, 2.24) is 14.9 Å². The molecule has 0 fully saturated rings. The number of thioether (sulfide) groups is 1. The molecule has 0 aliphatic heterocycles. The summed E-state index contributed by atoms with van der Waals surface area (Å²) in [5, 5.41) is 2.78. The molecular formula is C26H29F2N3O2S. The number of alkyl halides is 2. The largest absolute Gasteiger partial charge is 0.347 e. The number of nitrogens with one attached hydrogen (secondary N) is 1. The van der Waals surface area contributed by atoms with Crippen molar-refractivity contribution in [1.29, 1.82) is 0 Å². The van der Waals surface area contributed by atoms with E-state index in [0.717, 1.165) is 17.7 Å². The summed E-state index contributed by atoms with van der Waals surface area (Å²) in [5.74, 6) is -0.522. The summed E-state index contributed by atoms with van der Waals surface area (Å²) in [6.07, 6.45) is 4.21. The van der Waals surface area contributed by atoms with E-state index in [1.54, 1.807) is 37.1 Å². The van der Waals surface area contributed by atoms with Gasteiger partial charge in [-0.3, -0.25) is 14.6 Å². The molecule has 0 saturated heterocycles. The third kappa shape index (κ3) is 5.55. The third-order valence-corrected chi connectivity index (χ3v) is 6.67. The molecule has 1 aromatic carbocycles. The smallest absolute Gasteiger partial charge is 0.263 e. The van der Waals surface area contributed by atoms with Gasteiger partial charge >= 0.3 is 0 Å². The third-order valence-electron chi connectivity index (χ3n) is 5.96. The Kier molecular flexibility index (Phi) is 8.61. The molecule has 3 rings (SSSR count). The van der Waals surface area contributed by atoms with Gasteiger partial charge in [0.2, 0.25) is 5.43 Å². The number of hydrogen-bond acceptors (Lipinski definition) is 4. The standard InChI is InChI=1S/C26H29F2N3O2S/c1-5-20(6-2)31-15-22(26(33)30-13-19-10-11-21(34-4)14-29-19)24(32)23(16(31)3)17-8-7-9-18(12-17)25(27)28/h7-12,14-15,20,25H,5-6,13H2,1-4H3,(H,30,33). The van der Waals surface area contributed by atoms with Crippen molar-refractivity contribution in [2.75, 3.05) is 6.26 Å². The van der Waals surface area contributed by atoms with E-state index in [-0.39, 0.29) is 29.3 Å². The van der Waals surface area contributed by atoms with Crippen LogP contribution >= 0.6 is 11.8 Å².